The molecule has 198 valence electrons. The lowest BCUT2D eigenvalue weighted by molar-refractivity contribution is -0.141. The van der Waals surface area contributed by atoms with Gasteiger partial charge in [0.2, 0.25) is 0 Å². The Labute approximate surface area is 230 Å². The maximum absolute atomic E-state index is 13.9. The minimum atomic E-state index is -0.725. The van der Waals surface area contributed by atoms with Crippen molar-refractivity contribution in [2.24, 2.45) is 10.9 Å². The zero-order valence-electron chi connectivity index (χ0n) is 20.7. The minimum Gasteiger partial charge on any atom is -0.469 e. The summed E-state index contributed by atoms with van der Waals surface area (Å²) in [5.41, 5.74) is 3.78. The van der Waals surface area contributed by atoms with Gasteiger partial charge in [0, 0.05) is 33.9 Å². The van der Waals surface area contributed by atoms with Gasteiger partial charge in [-0.05, 0) is 42.5 Å². The number of rotatable bonds is 7. The van der Waals surface area contributed by atoms with E-state index in [1.165, 1.54) is 37.7 Å². The fourth-order valence-corrected chi connectivity index (χ4v) is 6.01. The quantitative estimate of drug-likeness (QED) is 0.406. The van der Waals surface area contributed by atoms with Crippen molar-refractivity contribution in [1.29, 1.82) is 0 Å². The Morgan fingerprint density at radius 3 is 2.84 bits per heavy atom. The van der Waals surface area contributed by atoms with Crippen LogP contribution in [0.25, 0.3) is 0 Å². The Morgan fingerprint density at radius 2 is 2.13 bits per heavy atom. The summed E-state index contributed by atoms with van der Waals surface area (Å²) in [7, 11) is 2.71. The molecule has 12 heteroatoms. The highest BCUT2D eigenvalue weighted by Crippen LogP contribution is 2.40. The van der Waals surface area contributed by atoms with E-state index >= 15 is 0 Å². The average molecular weight is 602 g/mol. The molecule has 0 spiro atoms. The van der Waals surface area contributed by atoms with Crippen LogP contribution in [0.15, 0.2) is 56.7 Å². The number of carbonyl (C=O) groups excluding carboxylic acids is 2. The Hall–Kier alpha value is -3.38. The first-order chi connectivity index (χ1) is 18.4. The maximum Gasteiger partial charge on any atom is 0.338 e. The van der Waals surface area contributed by atoms with Gasteiger partial charge in [-0.25, -0.2) is 14.2 Å². The number of thiazole rings is 1. The summed E-state index contributed by atoms with van der Waals surface area (Å²) in [5.74, 6) is -0.699. The second kappa shape index (κ2) is 11.2. The minimum absolute atomic E-state index is 0.0537. The fourth-order valence-electron chi connectivity index (χ4n) is 4.85. The summed E-state index contributed by atoms with van der Waals surface area (Å²) in [6, 6.07) is 3.62. The number of aliphatic imine (C=N–C) groups is 1. The molecule has 9 nitrogen and oxygen atoms in total. The first-order valence-electron chi connectivity index (χ1n) is 12.0. The predicted molar refractivity (Wildman–Crippen MR) is 142 cm³/mol. The topological polar surface area (TPSA) is 108 Å². The van der Waals surface area contributed by atoms with Gasteiger partial charge in [0.1, 0.15) is 11.9 Å². The van der Waals surface area contributed by atoms with Crippen LogP contribution in [0.4, 0.5) is 4.39 Å². The number of esters is 2. The lowest BCUT2D eigenvalue weighted by Crippen LogP contribution is -2.38. The van der Waals surface area contributed by atoms with Crippen molar-refractivity contribution in [2.45, 2.75) is 38.3 Å². The summed E-state index contributed by atoms with van der Waals surface area (Å²) < 4.78 is 26.2. The number of benzene rings is 1. The van der Waals surface area contributed by atoms with E-state index in [1.807, 2.05) is 11.6 Å². The van der Waals surface area contributed by atoms with Crippen molar-refractivity contribution < 1.29 is 23.5 Å². The summed E-state index contributed by atoms with van der Waals surface area (Å²) in [4.78, 5) is 34.1. The van der Waals surface area contributed by atoms with E-state index in [4.69, 9.17) is 14.5 Å². The molecule has 1 aliphatic heterocycles. The molecule has 38 heavy (non-hydrogen) atoms. The zero-order valence-corrected chi connectivity index (χ0v) is 23.1. The van der Waals surface area contributed by atoms with Crippen molar-refractivity contribution in [3.63, 3.8) is 0 Å². The maximum atomic E-state index is 13.9. The average Bonchev–Trinajstić information content (AvgIpc) is 3.60. The van der Waals surface area contributed by atoms with Gasteiger partial charge in [0.15, 0.2) is 10.8 Å². The summed E-state index contributed by atoms with van der Waals surface area (Å²) >= 11 is 4.89. The summed E-state index contributed by atoms with van der Waals surface area (Å²) in [5, 5.41) is 10.6. The molecule has 2 aromatic heterocycles. The number of carbonyl (C=O) groups is 2. The second-order valence-corrected chi connectivity index (χ2v) is 10.7. The highest BCUT2D eigenvalue weighted by atomic mass is 79.9. The van der Waals surface area contributed by atoms with Gasteiger partial charge in [-0.3, -0.25) is 14.5 Å². The number of amidine groups is 1. The number of aryl methyl sites for hydroxylation is 2. The summed E-state index contributed by atoms with van der Waals surface area (Å²) in [6.45, 7) is 0.431. The molecular formula is C26H25BrFN5O4S. The largest absolute Gasteiger partial charge is 0.469 e. The molecule has 0 bridgehead atoms. The number of halogens is 2. The molecule has 3 aromatic rings. The van der Waals surface area contributed by atoms with Crippen LogP contribution in [-0.4, -0.2) is 46.8 Å². The number of nitrogens with one attached hydrogen (secondary N) is 1. The third-order valence-electron chi connectivity index (χ3n) is 6.67. The number of hydrogen-bond acceptors (Lipinski definition) is 9. The molecule has 3 heterocycles. The van der Waals surface area contributed by atoms with E-state index in [-0.39, 0.29) is 18.3 Å². The van der Waals surface area contributed by atoms with Crippen LogP contribution in [0.3, 0.4) is 0 Å². The molecular weight excluding hydrogens is 577 g/mol. The molecule has 0 radical (unpaired) electrons. The SMILES string of the molecule is COC(=O)CCn1cc2c(n1)CCC(C1=C(C(=O)OC)C(c3ccc(F)cc3Br)N=C(c3nccs3)N1)C2. The molecule has 0 saturated heterocycles. The number of aromatic nitrogens is 3. The molecule has 0 amide bonds. The Kier molecular flexibility index (Phi) is 7.70. The highest BCUT2D eigenvalue weighted by molar-refractivity contribution is 9.10. The fraction of sp³-hybridized carbons (Fsp3) is 0.346. The smallest absolute Gasteiger partial charge is 0.338 e. The van der Waals surface area contributed by atoms with E-state index in [1.54, 1.807) is 16.9 Å². The van der Waals surface area contributed by atoms with Crippen molar-refractivity contribution in [2.75, 3.05) is 14.2 Å². The van der Waals surface area contributed by atoms with Crippen molar-refractivity contribution in [3.8, 4) is 0 Å². The first-order valence-corrected chi connectivity index (χ1v) is 13.7. The van der Waals surface area contributed by atoms with Crippen molar-refractivity contribution in [1.82, 2.24) is 20.1 Å². The number of methoxy groups -OCH3 is 2. The molecule has 1 aromatic carbocycles. The first kappa shape index (κ1) is 26.2. The molecule has 2 unspecified atom stereocenters. The highest BCUT2D eigenvalue weighted by Gasteiger charge is 2.37. The second-order valence-electron chi connectivity index (χ2n) is 8.96. The molecule has 2 atom stereocenters. The van der Waals surface area contributed by atoms with Crippen LogP contribution in [0.1, 0.15) is 40.7 Å². The Bertz CT molecular complexity index is 1440. The lowest BCUT2D eigenvalue weighted by atomic mass is 9.81. The van der Waals surface area contributed by atoms with Crippen LogP contribution in [0, 0.1) is 11.7 Å². The van der Waals surface area contributed by atoms with E-state index in [0.717, 1.165) is 17.7 Å². The molecule has 5 rings (SSSR count). The van der Waals surface area contributed by atoms with Crippen molar-refractivity contribution >= 4 is 45.0 Å². The van der Waals surface area contributed by atoms with Gasteiger partial charge >= 0.3 is 11.9 Å². The molecule has 1 aliphatic carbocycles. The summed E-state index contributed by atoms with van der Waals surface area (Å²) in [6.07, 6.45) is 5.98. The predicted octanol–water partition coefficient (Wildman–Crippen LogP) is 4.13. The van der Waals surface area contributed by atoms with Gasteiger partial charge in [-0.1, -0.05) is 22.0 Å². The van der Waals surface area contributed by atoms with Crippen LogP contribution < -0.4 is 5.32 Å². The number of allylic oxidation sites excluding steroid dienone is 1. The zero-order chi connectivity index (χ0) is 26.8. The van der Waals surface area contributed by atoms with Crippen LogP contribution in [0.2, 0.25) is 0 Å². The number of fused-ring (bicyclic) bond motifs is 1. The van der Waals surface area contributed by atoms with E-state index in [0.29, 0.717) is 51.5 Å². The third-order valence-corrected chi connectivity index (χ3v) is 8.14. The Balaban J connectivity index is 1.54. The van der Waals surface area contributed by atoms with E-state index < -0.39 is 17.8 Å². The monoisotopic (exact) mass is 601 g/mol. The Morgan fingerprint density at radius 1 is 1.29 bits per heavy atom. The van der Waals surface area contributed by atoms with E-state index in [9.17, 15) is 14.0 Å². The number of hydrogen-bond donors (Lipinski definition) is 1. The van der Waals surface area contributed by atoms with E-state index in [2.05, 4.69) is 31.3 Å². The van der Waals surface area contributed by atoms with Crippen LogP contribution in [0.5, 0.6) is 0 Å². The number of nitrogens with zero attached hydrogens (tertiary/aromatic N) is 4. The van der Waals surface area contributed by atoms with Crippen LogP contribution in [-0.2, 0) is 38.4 Å². The molecule has 0 saturated carbocycles. The van der Waals surface area contributed by atoms with Gasteiger partial charge in [0.05, 0.1) is 38.5 Å². The lowest BCUT2D eigenvalue weighted by Gasteiger charge is -2.32. The van der Waals surface area contributed by atoms with Gasteiger partial charge in [-0.15, -0.1) is 11.3 Å². The molecule has 0 fully saturated rings. The van der Waals surface area contributed by atoms with Gasteiger partial charge < -0.3 is 14.8 Å². The normalized spacial score (nSPS) is 18.9. The van der Waals surface area contributed by atoms with Gasteiger partial charge in [0.25, 0.3) is 0 Å². The van der Waals surface area contributed by atoms with Gasteiger partial charge in [-0.2, -0.15) is 5.10 Å². The third kappa shape index (κ3) is 5.28. The molecule has 1 N–H and O–H groups in total. The standard InChI is InChI=1S/C26H25BrFN5O4S/c1-36-20(34)7-9-33-13-15-11-14(3-6-19(15)32-33)22-21(26(35)37-2)23(17-5-4-16(28)12-18(17)27)31-24(30-22)25-29-8-10-38-25/h4-5,8,10,12-14,23H,3,6-7,9,11H2,1-2H3,(H,30,31). The van der Waals surface area contributed by atoms with Crippen molar-refractivity contribution in [3.05, 3.63) is 79.4 Å². The van der Waals surface area contributed by atoms with Crippen LogP contribution >= 0.6 is 27.3 Å². The number of ether oxygens (including phenoxy) is 2. The molecule has 2 aliphatic rings.